The minimum atomic E-state index is -0.727. The molecule has 2 rings (SSSR count). The van der Waals surface area contributed by atoms with Crippen molar-refractivity contribution in [3.05, 3.63) is 34.3 Å². The summed E-state index contributed by atoms with van der Waals surface area (Å²) in [7, 11) is 0. The number of amides is 1. The number of carbonyl (C=O) groups excluding carboxylic acids is 1. The third-order valence-electron chi connectivity index (χ3n) is 2.91. The summed E-state index contributed by atoms with van der Waals surface area (Å²) in [5.74, 6) is -0.144. The average Bonchev–Trinajstić information content (AvgIpc) is 2.27. The summed E-state index contributed by atoms with van der Waals surface area (Å²) in [6.45, 7) is 0.901. The Kier molecular flexibility index (Phi) is 3.81. The SMILES string of the molecule is O=C(NCc1ccc(Br)cc1)C1(CO)COC1. The first-order chi connectivity index (χ1) is 8.16. The van der Waals surface area contributed by atoms with Crippen LogP contribution in [0.3, 0.4) is 0 Å². The van der Waals surface area contributed by atoms with Crippen molar-refractivity contribution in [3.8, 4) is 0 Å². The van der Waals surface area contributed by atoms with E-state index in [1.165, 1.54) is 0 Å². The van der Waals surface area contributed by atoms with E-state index in [9.17, 15) is 9.90 Å². The molecule has 92 valence electrons. The Morgan fingerprint density at radius 1 is 1.41 bits per heavy atom. The Balaban J connectivity index is 1.90. The Labute approximate surface area is 108 Å². The van der Waals surface area contributed by atoms with Crippen molar-refractivity contribution in [1.82, 2.24) is 5.32 Å². The fraction of sp³-hybridized carbons (Fsp3) is 0.417. The fourth-order valence-corrected chi connectivity index (χ4v) is 1.88. The van der Waals surface area contributed by atoms with Gasteiger partial charge in [-0.3, -0.25) is 4.79 Å². The minimum Gasteiger partial charge on any atom is -0.395 e. The lowest BCUT2D eigenvalue weighted by Gasteiger charge is -2.38. The molecule has 0 aromatic heterocycles. The zero-order valence-electron chi connectivity index (χ0n) is 9.28. The summed E-state index contributed by atoms with van der Waals surface area (Å²) >= 11 is 3.35. The highest BCUT2D eigenvalue weighted by Crippen LogP contribution is 2.26. The lowest BCUT2D eigenvalue weighted by atomic mass is 9.86. The van der Waals surface area contributed by atoms with Gasteiger partial charge in [0.25, 0.3) is 0 Å². The van der Waals surface area contributed by atoms with E-state index in [0.29, 0.717) is 19.8 Å². The maximum Gasteiger partial charge on any atom is 0.233 e. The normalized spacial score (nSPS) is 17.3. The van der Waals surface area contributed by atoms with E-state index < -0.39 is 5.41 Å². The highest BCUT2D eigenvalue weighted by Gasteiger charge is 2.45. The Hall–Kier alpha value is -0.910. The highest BCUT2D eigenvalue weighted by molar-refractivity contribution is 9.10. The van der Waals surface area contributed by atoms with E-state index in [-0.39, 0.29) is 12.5 Å². The molecule has 1 fully saturated rings. The van der Waals surface area contributed by atoms with Crippen molar-refractivity contribution in [1.29, 1.82) is 0 Å². The van der Waals surface area contributed by atoms with Gasteiger partial charge in [0, 0.05) is 11.0 Å². The van der Waals surface area contributed by atoms with Crippen LogP contribution in [-0.2, 0) is 16.1 Å². The van der Waals surface area contributed by atoms with Crippen LogP contribution in [0.5, 0.6) is 0 Å². The molecule has 1 heterocycles. The molecule has 1 aliphatic rings. The van der Waals surface area contributed by atoms with Gasteiger partial charge < -0.3 is 15.2 Å². The monoisotopic (exact) mass is 299 g/mol. The second-order valence-electron chi connectivity index (χ2n) is 4.24. The van der Waals surface area contributed by atoms with Gasteiger partial charge in [-0.15, -0.1) is 0 Å². The summed E-state index contributed by atoms with van der Waals surface area (Å²) in [6.07, 6.45) is 0. The molecule has 17 heavy (non-hydrogen) atoms. The van der Waals surface area contributed by atoms with Gasteiger partial charge in [0.05, 0.1) is 19.8 Å². The molecule has 0 spiro atoms. The number of halogens is 1. The van der Waals surface area contributed by atoms with Crippen LogP contribution in [0.1, 0.15) is 5.56 Å². The van der Waals surface area contributed by atoms with Gasteiger partial charge in [-0.2, -0.15) is 0 Å². The van der Waals surface area contributed by atoms with Crippen LogP contribution in [0, 0.1) is 5.41 Å². The van der Waals surface area contributed by atoms with Crippen molar-refractivity contribution in [2.45, 2.75) is 6.54 Å². The molecule has 4 nitrogen and oxygen atoms in total. The summed E-state index contributed by atoms with van der Waals surface area (Å²) in [5.41, 5.74) is 0.296. The summed E-state index contributed by atoms with van der Waals surface area (Å²) in [5, 5.41) is 12.0. The third-order valence-corrected chi connectivity index (χ3v) is 3.44. The fourth-order valence-electron chi connectivity index (χ4n) is 1.61. The zero-order chi connectivity index (χ0) is 12.3. The van der Waals surface area contributed by atoms with Crippen LogP contribution in [0.15, 0.2) is 28.7 Å². The number of carbonyl (C=O) groups is 1. The topological polar surface area (TPSA) is 58.6 Å². The molecule has 0 unspecified atom stereocenters. The molecule has 0 saturated carbocycles. The van der Waals surface area contributed by atoms with E-state index in [2.05, 4.69) is 21.2 Å². The molecular weight excluding hydrogens is 286 g/mol. The second kappa shape index (κ2) is 5.16. The first-order valence-corrected chi connectivity index (χ1v) is 6.17. The van der Waals surface area contributed by atoms with Crippen LogP contribution in [0.2, 0.25) is 0 Å². The number of aliphatic hydroxyl groups is 1. The molecule has 1 aliphatic heterocycles. The first-order valence-electron chi connectivity index (χ1n) is 5.38. The molecule has 0 radical (unpaired) electrons. The minimum absolute atomic E-state index is 0.144. The number of aliphatic hydroxyl groups excluding tert-OH is 1. The molecule has 0 atom stereocenters. The van der Waals surface area contributed by atoms with Crippen LogP contribution in [-0.4, -0.2) is 30.8 Å². The number of nitrogens with one attached hydrogen (secondary N) is 1. The quantitative estimate of drug-likeness (QED) is 0.874. The van der Waals surface area contributed by atoms with Crippen molar-refractivity contribution in [3.63, 3.8) is 0 Å². The number of hydrogen-bond donors (Lipinski definition) is 2. The molecule has 1 amide bonds. The van der Waals surface area contributed by atoms with Crippen LogP contribution in [0.4, 0.5) is 0 Å². The molecule has 5 heteroatoms. The molecular formula is C12H14BrNO3. The van der Waals surface area contributed by atoms with Gasteiger partial charge in [0.1, 0.15) is 5.41 Å². The van der Waals surface area contributed by atoms with Crippen molar-refractivity contribution < 1.29 is 14.6 Å². The Morgan fingerprint density at radius 2 is 2.06 bits per heavy atom. The maximum absolute atomic E-state index is 11.9. The van der Waals surface area contributed by atoms with E-state index in [0.717, 1.165) is 10.0 Å². The molecule has 2 N–H and O–H groups in total. The van der Waals surface area contributed by atoms with Crippen molar-refractivity contribution in [2.75, 3.05) is 19.8 Å². The predicted octanol–water partition coefficient (Wildman–Crippen LogP) is 1.07. The molecule has 0 bridgehead atoms. The van der Waals surface area contributed by atoms with E-state index >= 15 is 0 Å². The van der Waals surface area contributed by atoms with Gasteiger partial charge in [0.2, 0.25) is 5.91 Å². The van der Waals surface area contributed by atoms with E-state index in [1.807, 2.05) is 24.3 Å². The Bertz CT molecular complexity index is 395. The van der Waals surface area contributed by atoms with Gasteiger partial charge >= 0.3 is 0 Å². The number of rotatable bonds is 4. The number of benzene rings is 1. The second-order valence-corrected chi connectivity index (χ2v) is 5.16. The third kappa shape index (κ3) is 2.68. The zero-order valence-corrected chi connectivity index (χ0v) is 10.9. The lowest BCUT2D eigenvalue weighted by molar-refractivity contribution is -0.170. The smallest absolute Gasteiger partial charge is 0.233 e. The summed E-state index contributed by atoms with van der Waals surface area (Å²) < 4.78 is 6.00. The highest BCUT2D eigenvalue weighted by atomic mass is 79.9. The van der Waals surface area contributed by atoms with E-state index in [4.69, 9.17) is 4.74 Å². The van der Waals surface area contributed by atoms with Gasteiger partial charge in [0.15, 0.2) is 0 Å². The molecule has 1 aromatic rings. The standard InChI is InChI=1S/C12H14BrNO3/c13-10-3-1-9(2-4-10)5-14-11(16)12(6-15)7-17-8-12/h1-4,15H,5-8H2,(H,14,16). The lowest BCUT2D eigenvalue weighted by Crippen LogP contribution is -2.56. The predicted molar refractivity (Wildman–Crippen MR) is 66.3 cm³/mol. The maximum atomic E-state index is 11.9. The molecule has 0 aliphatic carbocycles. The number of hydrogen-bond acceptors (Lipinski definition) is 3. The van der Waals surface area contributed by atoms with Gasteiger partial charge in [-0.05, 0) is 17.7 Å². The first kappa shape index (κ1) is 12.5. The summed E-state index contributed by atoms with van der Waals surface area (Å²) in [4.78, 5) is 11.9. The average molecular weight is 300 g/mol. The Morgan fingerprint density at radius 3 is 2.53 bits per heavy atom. The van der Waals surface area contributed by atoms with Gasteiger partial charge in [-0.1, -0.05) is 28.1 Å². The summed E-state index contributed by atoms with van der Waals surface area (Å²) in [6, 6.07) is 7.73. The number of ether oxygens (including phenoxy) is 1. The van der Waals surface area contributed by atoms with Crippen LogP contribution in [0.25, 0.3) is 0 Å². The van der Waals surface area contributed by atoms with Crippen LogP contribution < -0.4 is 5.32 Å². The van der Waals surface area contributed by atoms with Gasteiger partial charge in [-0.25, -0.2) is 0 Å². The largest absolute Gasteiger partial charge is 0.395 e. The van der Waals surface area contributed by atoms with E-state index in [1.54, 1.807) is 0 Å². The van der Waals surface area contributed by atoms with Crippen molar-refractivity contribution in [2.24, 2.45) is 5.41 Å². The molecule has 1 saturated heterocycles. The van der Waals surface area contributed by atoms with Crippen LogP contribution >= 0.6 is 15.9 Å². The molecule has 1 aromatic carbocycles. The van der Waals surface area contributed by atoms with Crippen molar-refractivity contribution >= 4 is 21.8 Å².